The smallest absolute Gasteiger partial charge is 0.334 e. The highest BCUT2D eigenvalue weighted by Gasteiger charge is 2.23. The van der Waals surface area contributed by atoms with Crippen molar-refractivity contribution in [2.75, 3.05) is 10.6 Å². The van der Waals surface area contributed by atoms with Crippen LogP contribution in [-0.2, 0) is 0 Å². The second-order valence-corrected chi connectivity index (χ2v) is 5.49. The molecule has 0 saturated heterocycles. The fourth-order valence-corrected chi connectivity index (χ4v) is 2.35. The lowest BCUT2D eigenvalue weighted by Gasteiger charge is -2.12. The number of hydrogen-bond donors (Lipinski definition) is 2. The minimum Gasteiger partial charge on any atom is -0.334 e. The summed E-state index contributed by atoms with van der Waals surface area (Å²) in [7, 11) is 0. The molecular weight excluding hydrogens is 344 g/mol. The highest BCUT2D eigenvalue weighted by molar-refractivity contribution is 6.31. The van der Waals surface area contributed by atoms with Crippen molar-refractivity contribution in [3.63, 3.8) is 0 Å². The first-order chi connectivity index (χ1) is 12.1. The largest absolute Gasteiger partial charge is 0.353 e. The molecule has 3 aromatic rings. The van der Waals surface area contributed by atoms with Crippen LogP contribution < -0.4 is 10.6 Å². The van der Waals surface area contributed by atoms with Crippen molar-refractivity contribution in [2.24, 2.45) is 0 Å². The lowest BCUT2D eigenvalue weighted by Crippen LogP contribution is -2.06. The Kier molecular flexibility index (Phi) is 4.71. The van der Waals surface area contributed by atoms with Gasteiger partial charge in [-0.1, -0.05) is 17.7 Å². The maximum absolute atomic E-state index is 11.6. The number of aromatic nitrogens is 3. The molecule has 0 aliphatic carbocycles. The van der Waals surface area contributed by atoms with Crippen LogP contribution >= 0.6 is 11.6 Å². The standard InChI is InChI=1S/C16H13ClN6O2/c1-10-12(17)5-2-6-13(10)22-16-14(23(24)25)15(19-9-20-16)21-11-4-3-7-18-8-11/h2-9H,1H3,(H2,19,20,21,22). The Morgan fingerprint density at radius 3 is 2.56 bits per heavy atom. The molecule has 2 heterocycles. The number of pyridine rings is 1. The van der Waals surface area contributed by atoms with Crippen molar-refractivity contribution in [3.05, 3.63) is 69.8 Å². The molecule has 1 aromatic carbocycles. The first-order valence-electron chi connectivity index (χ1n) is 7.25. The molecule has 0 fully saturated rings. The molecule has 0 radical (unpaired) electrons. The predicted molar refractivity (Wildman–Crippen MR) is 95.7 cm³/mol. The molecule has 3 rings (SSSR count). The van der Waals surface area contributed by atoms with Gasteiger partial charge in [0.1, 0.15) is 6.33 Å². The molecule has 0 spiro atoms. The van der Waals surface area contributed by atoms with Gasteiger partial charge in [-0.05, 0) is 36.8 Å². The molecule has 8 nitrogen and oxygen atoms in total. The van der Waals surface area contributed by atoms with E-state index in [-0.39, 0.29) is 17.3 Å². The van der Waals surface area contributed by atoms with Gasteiger partial charge in [-0.15, -0.1) is 0 Å². The van der Waals surface area contributed by atoms with Crippen molar-refractivity contribution >= 4 is 40.3 Å². The fraction of sp³-hybridized carbons (Fsp3) is 0.0625. The topological polar surface area (TPSA) is 106 Å². The van der Waals surface area contributed by atoms with Crippen molar-refractivity contribution < 1.29 is 4.92 Å². The number of halogens is 1. The Balaban J connectivity index is 2.01. The monoisotopic (exact) mass is 356 g/mol. The molecule has 2 N–H and O–H groups in total. The quantitative estimate of drug-likeness (QED) is 0.520. The Labute approximate surface area is 148 Å². The van der Waals surface area contributed by atoms with Crippen LogP contribution in [0.3, 0.4) is 0 Å². The summed E-state index contributed by atoms with van der Waals surface area (Å²) in [5, 5.41) is 18.0. The maximum atomic E-state index is 11.6. The third-order valence-corrected chi connectivity index (χ3v) is 3.86. The maximum Gasteiger partial charge on any atom is 0.353 e. The van der Waals surface area contributed by atoms with E-state index >= 15 is 0 Å². The van der Waals surface area contributed by atoms with E-state index in [1.807, 2.05) is 6.92 Å². The molecule has 0 atom stereocenters. The van der Waals surface area contributed by atoms with E-state index in [9.17, 15) is 10.1 Å². The minimum atomic E-state index is -0.541. The number of nitrogens with one attached hydrogen (secondary N) is 2. The van der Waals surface area contributed by atoms with Gasteiger partial charge in [-0.3, -0.25) is 15.1 Å². The molecular formula is C16H13ClN6O2. The molecule has 25 heavy (non-hydrogen) atoms. The van der Waals surface area contributed by atoms with Crippen LogP contribution in [0, 0.1) is 17.0 Å². The van der Waals surface area contributed by atoms with Gasteiger partial charge in [-0.2, -0.15) is 0 Å². The van der Waals surface area contributed by atoms with E-state index in [2.05, 4.69) is 25.6 Å². The van der Waals surface area contributed by atoms with Crippen LogP contribution in [0.4, 0.5) is 28.7 Å². The highest BCUT2D eigenvalue weighted by Crippen LogP contribution is 2.34. The van der Waals surface area contributed by atoms with Crippen LogP contribution in [0.25, 0.3) is 0 Å². The van der Waals surface area contributed by atoms with Crippen LogP contribution in [0.15, 0.2) is 49.1 Å². The number of anilines is 4. The zero-order valence-corrected chi connectivity index (χ0v) is 13.9. The molecule has 0 amide bonds. The van der Waals surface area contributed by atoms with E-state index in [1.165, 1.54) is 6.33 Å². The van der Waals surface area contributed by atoms with Crippen molar-refractivity contribution in [2.45, 2.75) is 6.92 Å². The first-order valence-corrected chi connectivity index (χ1v) is 7.62. The molecule has 0 aliphatic heterocycles. The van der Waals surface area contributed by atoms with E-state index in [0.717, 1.165) is 5.56 Å². The van der Waals surface area contributed by atoms with Gasteiger partial charge in [0.05, 0.1) is 16.8 Å². The second-order valence-electron chi connectivity index (χ2n) is 5.08. The summed E-state index contributed by atoms with van der Waals surface area (Å²) in [6, 6.07) is 8.70. The Bertz CT molecular complexity index is 920. The van der Waals surface area contributed by atoms with E-state index in [4.69, 9.17) is 11.6 Å². The number of rotatable bonds is 5. The predicted octanol–water partition coefficient (Wildman–Crippen LogP) is 4.23. The van der Waals surface area contributed by atoms with Gasteiger partial charge in [0.2, 0.25) is 11.6 Å². The van der Waals surface area contributed by atoms with Gasteiger partial charge in [0.25, 0.3) is 0 Å². The molecule has 0 saturated carbocycles. The van der Waals surface area contributed by atoms with Crippen LogP contribution in [-0.4, -0.2) is 19.9 Å². The number of benzene rings is 1. The third kappa shape index (κ3) is 3.64. The summed E-state index contributed by atoms with van der Waals surface area (Å²) in [4.78, 5) is 23.0. The van der Waals surface area contributed by atoms with Gasteiger partial charge in [0.15, 0.2) is 0 Å². The fourth-order valence-electron chi connectivity index (χ4n) is 2.18. The third-order valence-electron chi connectivity index (χ3n) is 3.45. The summed E-state index contributed by atoms with van der Waals surface area (Å²) in [6.07, 6.45) is 4.39. The van der Waals surface area contributed by atoms with Gasteiger partial charge < -0.3 is 10.6 Å². The van der Waals surface area contributed by atoms with E-state index in [1.54, 1.807) is 42.7 Å². The average Bonchev–Trinajstić information content (AvgIpc) is 2.60. The zero-order chi connectivity index (χ0) is 17.8. The molecule has 2 aromatic heterocycles. The van der Waals surface area contributed by atoms with Crippen LogP contribution in [0.5, 0.6) is 0 Å². The molecule has 0 aliphatic rings. The van der Waals surface area contributed by atoms with E-state index < -0.39 is 4.92 Å². The Hall–Kier alpha value is -3.26. The highest BCUT2D eigenvalue weighted by atomic mass is 35.5. The minimum absolute atomic E-state index is 0.0650. The molecule has 0 bridgehead atoms. The summed E-state index contributed by atoms with van der Waals surface area (Å²) < 4.78 is 0. The summed E-state index contributed by atoms with van der Waals surface area (Å²) >= 11 is 6.10. The zero-order valence-electron chi connectivity index (χ0n) is 13.1. The van der Waals surface area contributed by atoms with E-state index in [0.29, 0.717) is 16.4 Å². The Morgan fingerprint density at radius 2 is 1.88 bits per heavy atom. The number of nitrogens with zero attached hydrogens (tertiary/aromatic N) is 4. The van der Waals surface area contributed by atoms with Gasteiger partial charge in [-0.25, -0.2) is 9.97 Å². The van der Waals surface area contributed by atoms with Crippen LogP contribution in [0.2, 0.25) is 5.02 Å². The number of hydrogen-bond acceptors (Lipinski definition) is 7. The lowest BCUT2D eigenvalue weighted by atomic mass is 10.2. The molecule has 0 unspecified atom stereocenters. The number of nitro groups is 1. The average molecular weight is 357 g/mol. The first kappa shape index (κ1) is 16.6. The second kappa shape index (κ2) is 7.10. The van der Waals surface area contributed by atoms with Gasteiger partial charge in [0, 0.05) is 16.9 Å². The van der Waals surface area contributed by atoms with Gasteiger partial charge >= 0.3 is 5.69 Å². The molecule has 9 heteroatoms. The Morgan fingerprint density at radius 1 is 1.12 bits per heavy atom. The SMILES string of the molecule is Cc1c(Cl)cccc1Nc1ncnc(Nc2cccnc2)c1[N+](=O)[O-]. The molecule has 126 valence electrons. The van der Waals surface area contributed by atoms with Crippen molar-refractivity contribution in [1.82, 2.24) is 15.0 Å². The normalized spacial score (nSPS) is 10.3. The van der Waals surface area contributed by atoms with Crippen molar-refractivity contribution in [1.29, 1.82) is 0 Å². The van der Waals surface area contributed by atoms with Crippen molar-refractivity contribution in [3.8, 4) is 0 Å². The lowest BCUT2D eigenvalue weighted by molar-refractivity contribution is -0.383. The summed E-state index contributed by atoms with van der Waals surface area (Å²) in [5.74, 6) is 0.131. The summed E-state index contributed by atoms with van der Waals surface area (Å²) in [5.41, 5.74) is 1.69. The van der Waals surface area contributed by atoms with Crippen LogP contribution in [0.1, 0.15) is 5.56 Å². The summed E-state index contributed by atoms with van der Waals surface area (Å²) in [6.45, 7) is 1.81.